The summed E-state index contributed by atoms with van der Waals surface area (Å²) in [4.78, 5) is 24.6. The molecule has 2 aromatic carbocycles. The molecule has 7 nitrogen and oxygen atoms in total. The van der Waals surface area contributed by atoms with Gasteiger partial charge in [-0.15, -0.1) is 0 Å². The van der Waals surface area contributed by atoms with Crippen LogP contribution in [0.3, 0.4) is 0 Å². The first-order valence-electron chi connectivity index (χ1n) is 9.88. The van der Waals surface area contributed by atoms with Gasteiger partial charge in [-0.05, 0) is 63.2 Å². The molecule has 0 aliphatic carbocycles. The first-order chi connectivity index (χ1) is 15.5. The fourth-order valence-corrected chi connectivity index (χ4v) is 2.85. The molecule has 3 rings (SSSR count). The number of hydrogen-bond donors (Lipinski definition) is 1. The molecule has 0 aliphatic rings. The number of alkyl halides is 3. The number of aromatic nitrogens is 1. The molecule has 1 amide bonds. The van der Waals surface area contributed by atoms with Gasteiger partial charge in [-0.1, -0.05) is 11.2 Å². The second kappa shape index (κ2) is 9.76. The van der Waals surface area contributed by atoms with Crippen molar-refractivity contribution < 1.29 is 36.8 Å². The summed E-state index contributed by atoms with van der Waals surface area (Å²) >= 11 is 0. The Bertz CT molecular complexity index is 1120. The zero-order valence-electron chi connectivity index (χ0n) is 18.0. The van der Waals surface area contributed by atoms with Crippen molar-refractivity contribution in [1.82, 2.24) is 5.16 Å². The Hall–Kier alpha value is -3.82. The minimum atomic E-state index is -4.54. The SMILES string of the molecule is Cc1noc(C)c1COc1ccc(C(=O)OC(C)C(=O)Nc2cccc(C(F)(F)F)c2)cc1. The summed E-state index contributed by atoms with van der Waals surface area (Å²) in [6.45, 7) is 5.15. The van der Waals surface area contributed by atoms with Crippen LogP contribution < -0.4 is 10.1 Å². The van der Waals surface area contributed by atoms with Crippen LogP contribution in [0.1, 0.15) is 39.9 Å². The molecule has 10 heteroatoms. The van der Waals surface area contributed by atoms with E-state index in [2.05, 4.69) is 10.5 Å². The quantitative estimate of drug-likeness (QED) is 0.493. The van der Waals surface area contributed by atoms with E-state index in [4.69, 9.17) is 14.0 Å². The molecule has 1 heterocycles. The van der Waals surface area contributed by atoms with Crippen LogP contribution in [0.25, 0.3) is 0 Å². The highest BCUT2D eigenvalue weighted by Crippen LogP contribution is 2.30. The highest BCUT2D eigenvalue weighted by atomic mass is 19.4. The highest BCUT2D eigenvalue weighted by Gasteiger charge is 2.30. The fourth-order valence-electron chi connectivity index (χ4n) is 2.85. The third-order valence-corrected chi connectivity index (χ3v) is 4.76. The minimum Gasteiger partial charge on any atom is -0.489 e. The normalized spacial score (nSPS) is 12.2. The Kier molecular flexibility index (Phi) is 7.05. The summed E-state index contributed by atoms with van der Waals surface area (Å²) in [5.74, 6) is -0.368. The summed E-state index contributed by atoms with van der Waals surface area (Å²) in [6.07, 6.45) is -5.77. The number of carbonyl (C=O) groups excluding carboxylic acids is 2. The van der Waals surface area contributed by atoms with Crippen LogP contribution in [0.15, 0.2) is 53.1 Å². The smallest absolute Gasteiger partial charge is 0.416 e. The molecule has 1 N–H and O–H groups in total. The Morgan fingerprint density at radius 2 is 1.82 bits per heavy atom. The lowest BCUT2D eigenvalue weighted by Gasteiger charge is -2.15. The number of nitrogens with one attached hydrogen (secondary N) is 1. The van der Waals surface area contributed by atoms with Crippen LogP contribution in [0.5, 0.6) is 5.75 Å². The van der Waals surface area contributed by atoms with Crippen molar-refractivity contribution in [3.05, 3.63) is 76.7 Å². The summed E-state index contributed by atoms with van der Waals surface area (Å²) in [5, 5.41) is 6.16. The predicted molar refractivity (Wildman–Crippen MR) is 112 cm³/mol. The summed E-state index contributed by atoms with van der Waals surface area (Å²) < 4.78 is 54.3. The maximum absolute atomic E-state index is 12.8. The summed E-state index contributed by atoms with van der Waals surface area (Å²) in [6, 6.07) is 10.3. The zero-order chi connectivity index (χ0) is 24.2. The number of nitrogens with zero attached hydrogens (tertiary/aromatic N) is 1. The van der Waals surface area contributed by atoms with E-state index in [0.717, 1.165) is 23.4 Å². The van der Waals surface area contributed by atoms with Gasteiger partial charge in [0.2, 0.25) is 0 Å². The molecule has 33 heavy (non-hydrogen) atoms. The second-order valence-corrected chi connectivity index (χ2v) is 7.23. The van der Waals surface area contributed by atoms with Crippen molar-refractivity contribution in [3.63, 3.8) is 0 Å². The van der Waals surface area contributed by atoms with E-state index in [0.29, 0.717) is 11.5 Å². The number of hydrogen-bond acceptors (Lipinski definition) is 6. The number of aryl methyl sites for hydroxylation is 2. The van der Waals surface area contributed by atoms with Gasteiger partial charge in [-0.25, -0.2) is 4.79 Å². The number of esters is 1. The van der Waals surface area contributed by atoms with Gasteiger partial charge in [0.05, 0.1) is 22.4 Å². The summed E-state index contributed by atoms with van der Waals surface area (Å²) in [5.41, 5.74) is 0.779. The van der Waals surface area contributed by atoms with Crippen LogP contribution in [0.2, 0.25) is 0 Å². The molecule has 1 aromatic heterocycles. The molecule has 174 valence electrons. The fraction of sp³-hybridized carbons (Fsp3) is 0.261. The molecule has 0 saturated heterocycles. The molecular formula is C23H21F3N2O5. The van der Waals surface area contributed by atoms with Crippen LogP contribution >= 0.6 is 0 Å². The molecule has 0 fully saturated rings. The Labute approximate surface area is 187 Å². The lowest BCUT2D eigenvalue weighted by molar-refractivity contribution is -0.137. The number of rotatable bonds is 7. The monoisotopic (exact) mass is 462 g/mol. The highest BCUT2D eigenvalue weighted by molar-refractivity contribution is 5.97. The van der Waals surface area contributed by atoms with Gasteiger partial charge in [-0.3, -0.25) is 4.79 Å². The number of amides is 1. The van der Waals surface area contributed by atoms with Crippen LogP contribution in [-0.2, 0) is 22.3 Å². The molecule has 0 spiro atoms. The van der Waals surface area contributed by atoms with Gasteiger partial charge in [0.15, 0.2) is 6.10 Å². The Morgan fingerprint density at radius 1 is 1.12 bits per heavy atom. The number of ether oxygens (including phenoxy) is 2. The number of carbonyl (C=O) groups is 2. The van der Waals surface area contributed by atoms with Gasteiger partial charge >= 0.3 is 12.1 Å². The average molecular weight is 462 g/mol. The second-order valence-electron chi connectivity index (χ2n) is 7.23. The standard InChI is InChI=1S/C23H21F3N2O5/c1-13-20(14(2)33-28-13)12-31-19-9-7-16(8-10-19)22(30)32-15(3)21(29)27-18-6-4-5-17(11-18)23(24,25)26/h4-11,15H,12H2,1-3H3,(H,27,29). The molecular weight excluding hydrogens is 441 g/mol. The molecule has 0 radical (unpaired) electrons. The summed E-state index contributed by atoms with van der Waals surface area (Å²) in [7, 11) is 0. The van der Waals surface area contributed by atoms with Crippen molar-refractivity contribution in [1.29, 1.82) is 0 Å². The van der Waals surface area contributed by atoms with E-state index in [1.54, 1.807) is 26.0 Å². The minimum absolute atomic E-state index is 0.0579. The van der Waals surface area contributed by atoms with Gasteiger partial charge in [0, 0.05) is 5.69 Å². The lowest BCUT2D eigenvalue weighted by Crippen LogP contribution is -2.30. The van der Waals surface area contributed by atoms with Crippen LogP contribution in [0, 0.1) is 13.8 Å². The van der Waals surface area contributed by atoms with Crippen molar-refractivity contribution in [2.24, 2.45) is 0 Å². The van der Waals surface area contributed by atoms with E-state index < -0.39 is 29.7 Å². The third kappa shape index (κ3) is 6.12. The Morgan fingerprint density at radius 3 is 2.42 bits per heavy atom. The maximum atomic E-state index is 12.8. The number of benzene rings is 2. The van der Waals surface area contributed by atoms with E-state index in [-0.39, 0.29) is 17.9 Å². The van der Waals surface area contributed by atoms with Crippen molar-refractivity contribution in [3.8, 4) is 5.75 Å². The van der Waals surface area contributed by atoms with Crippen molar-refractivity contribution >= 4 is 17.6 Å². The number of halogens is 3. The van der Waals surface area contributed by atoms with Crippen LogP contribution in [-0.4, -0.2) is 23.1 Å². The van der Waals surface area contributed by atoms with Gasteiger partial charge in [0.1, 0.15) is 18.1 Å². The third-order valence-electron chi connectivity index (χ3n) is 4.76. The Balaban J connectivity index is 1.55. The lowest BCUT2D eigenvalue weighted by atomic mass is 10.2. The first-order valence-corrected chi connectivity index (χ1v) is 9.88. The van der Waals surface area contributed by atoms with Gasteiger partial charge in [-0.2, -0.15) is 13.2 Å². The first kappa shape index (κ1) is 23.8. The molecule has 3 aromatic rings. The largest absolute Gasteiger partial charge is 0.489 e. The zero-order valence-corrected chi connectivity index (χ0v) is 18.0. The van der Waals surface area contributed by atoms with Gasteiger partial charge < -0.3 is 19.3 Å². The molecule has 0 aliphatic heterocycles. The van der Waals surface area contributed by atoms with Crippen LogP contribution in [0.4, 0.5) is 18.9 Å². The van der Waals surface area contributed by atoms with E-state index in [1.165, 1.54) is 31.2 Å². The topological polar surface area (TPSA) is 90.7 Å². The van der Waals surface area contributed by atoms with Crippen molar-refractivity contribution in [2.45, 2.75) is 39.7 Å². The average Bonchev–Trinajstić information content (AvgIpc) is 3.09. The van der Waals surface area contributed by atoms with E-state index in [9.17, 15) is 22.8 Å². The number of anilines is 1. The molecule has 1 unspecified atom stereocenters. The van der Waals surface area contributed by atoms with Crippen molar-refractivity contribution in [2.75, 3.05) is 5.32 Å². The molecule has 0 saturated carbocycles. The van der Waals surface area contributed by atoms with E-state index in [1.807, 2.05) is 0 Å². The maximum Gasteiger partial charge on any atom is 0.416 e. The predicted octanol–water partition coefficient (Wildman–Crippen LogP) is 5.07. The molecule has 1 atom stereocenters. The molecule has 0 bridgehead atoms. The van der Waals surface area contributed by atoms with Gasteiger partial charge in [0.25, 0.3) is 5.91 Å². The van der Waals surface area contributed by atoms with E-state index >= 15 is 0 Å².